The van der Waals surface area contributed by atoms with E-state index in [1.165, 1.54) is 5.56 Å². The Balaban J connectivity index is 2.79. The van der Waals surface area contributed by atoms with E-state index in [1.54, 1.807) is 6.20 Å². The van der Waals surface area contributed by atoms with Crippen molar-refractivity contribution >= 4 is 0 Å². The van der Waals surface area contributed by atoms with Crippen LogP contribution < -0.4 is 10.1 Å². The van der Waals surface area contributed by atoms with Crippen LogP contribution in [0.2, 0.25) is 0 Å². The standard InChI is InChI=1S/C14H24N2O/c1-5-7-14(16-6-2)12-8-13(10-15-9-12)17-11(3)4/h8-11,14,16H,5-7H2,1-4H3. The van der Waals surface area contributed by atoms with E-state index in [-0.39, 0.29) is 6.10 Å². The van der Waals surface area contributed by atoms with Crippen molar-refractivity contribution in [2.45, 2.75) is 52.7 Å². The van der Waals surface area contributed by atoms with Crippen LogP contribution in [0.25, 0.3) is 0 Å². The van der Waals surface area contributed by atoms with E-state index < -0.39 is 0 Å². The molecule has 0 aliphatic rings. The molecule has 1 heterocycles. The summed E-state index contributed by atoms with van der Waals surface area (Å²) in [7, 11) is 0. The third-order valence-electron chi connectivity index (χ3n) is 2.54. The lowest BCUT2D eigenvalue weighted by atomic mass is 10.0. The number of rotatable bonds is 7. The minimum absolute atomic E-state index is 0.191. The number of pyridine rings is 1. The number of hydrogen-bond donors (Lipinski definition) is 1. The number of hydrogen-bond acceptors (Lipinski definition) is 3. The molecule has 17 heavy (non-hydrogen) atoms. The Hall–Kier alpha value is -1.09. The van der Waals surface area contributed by atoms with E-state index >= 15 is 0 Å². The van der Waals surface area contributed by atoms with Gasteiger partial charge in [-0.05, 0) is 38.4 Å². The fourth-order valence-corrected chi connectivity index (χ4v) is 1.88. The van der Waals surface area contributed by atoms with Crippen molar-refractivity contribution in [1.29, 1.82) is 0 Å². The molecule has 0 fully saturated rings. The summed E-state index contributed by atoms with van der Waals surface area (Å²) in [5, 5.41) is 3.48. The lowest BCUT2D eigenvalue weighted by Gasteiger charge is -2.18. The maximum Gasteiger partial charge on any atom is 0.138 e. The maximum absolute atomic E-state index is 5.67. The predicted molar refractivity (Wildman–Crippen MR) is 71.3 cm³/mol. The van der Waals surface area contributed by atoms with Gasteiger partial charge in [0.1, 0.15) is 5.75 Å². The van der Waals surface area contributed by atoms with Gasteiger partial charge in [-0.15, -0.1) is 0 Å². The highest BCUT2D eigenvalue weighted by atomic mass is 16.5. The Morgan fingerprint density at radius 3 is 2.65 bits per heavy atom. The second-order valence-corrected chi connectivity index (χ2v) is 4.52. The van der Waals surface area contributed by atoms with Crippen LogP contribution in [-0.4, -0.2) is 17.6 Å². The summed E-state index contributed by atoms with van der Waals surface area (Å²) in [5.74, 6) is 0.858. The van der Waals surface area contributed by atoms with Gasteiger partial charge in [0.15, 0.2) is 0 Å². The first-order chi connectivity index (χ1) is 8.17. The van der Waals surface area contributed by atoms with Crippen LogP contribution in [0, 0.1) is 0 Å². The second kappa shape index (κ2) is 7.28. The zero-order chi connectivity index (χ0) is 12.7. The van der Waals surface area contributed by atoms with Gasteiger partial charge < -0.3 is 10.1 Å². The van der Waals surface area contributed by atoms with Gasteiger partial charge in [-0.3, -0.25) is 4.98 Å². The van der Waals surface area contributed by atoms with Crippen LogP contribution in [0.4, 0.5) is 0 Å². The van der Waals surface area contributed by atoms with E-state index in [4.69, 9.17) is 4.74 Å². The summed E-state index contributed by atoms with van der Waals surface area (Å²) in [6, 6.07) is 2.48. The van der Waals surface area contributed by atoms with Crippen molar-refractivity contribution in [3.05, 3.63) is 24.0 Å². The van der Waals surface area contributed by atoms with Gasteiger partial charge in [0, 0.05) is 12.2 Å². The molecule has 0 saturated heterocycles. The molecule has 0 aliphatic heterocycles. The molecule has 1 aromatic rings. The van der Waals surface area contributed by atoms with Gasteiger partial charge in [-0.25, -0.2) is 0 Å². The van der Waals surface area contributed by atoms with E-state index in [0.29, 0.717) is 6.04 Å². The van der Waals surface area contributed by atoms with Crippen molar-refractivity contribution in [2.75, 3.05) is 6.54 Å². The summed E-state index contributed by atoms with van der Waals surface area (Å²) in [6.45, 7) is 9.36. The molecule has 0 radical (unpaired) electrons. The monoisotopic (exact) mass is 236 g/mol. The van der Waals surface area contributed by atoms with Gasteiger partial charge in [0.05, 0.1) is 12.3 Å². The second-order valence-electron chi connectivity index (χ2n) is 4.52. The van der Waals surface area contributed by atoms with Gasteiger partial charge in [-0.1, -0.05) is 20.3 Å². The zero-order valence-electron chi connectivity index (χ0n) is 11.4. The van der Waals surface area contributed by atoms with E-state index in [2.05, 4.69) is 30.2 Å². The number of nitrogens with zero attached hydrogens (tertiary/aromatic N) is 1. The van der Waals surface area contributed by atoms with Gasteiger partial charge in [0.25, 0.3) is 0 Å². The molecular weight excluding hydrogens is 212 g/mol. The smallest absolute Gasteiger partial charge is 0.138 e. The molecule has 0 spiro atoms. The molecule has 0 aromatic carbocycles. The highest BCUT2D eigenvalue weighted by Crippen LogP contribution is 2.22. The number of aromatic nitrogens is 1. The molecule has 0 amide bonds. The quantitative estimate of drug-likeness (QED) is 0.788. The molecule has 1 N–H and O–H groups in total. The zero-order valence-corrected chi connectivity index (χ0v) is 11.4. The van der Waals surface area contributed by atoms with Gasteiger partial charge in [0.2, 0.25) is 0 Å². The molecule has 0 bridgehead atoms. The van der Waals surface area contributed by atoms with Crippen molar-refractivity contribution in [3.8, 4) is 5.75 Å². The maximum atomic E-state index is 5.67. The summed E-state index contributed by atoms with van der Waals surface area (Å²) < 4.78 is 5.67. The minimum atomic E-state index is 0.191. The van der Waals surface area contributed by atoms with Crippen LogP contribution in [0.15, 0.2) is 18.5 Å². The number of ether oxygens (including phenoxy) is 1. The molecule has 3 heteroatoms. The van der Waals surface area contributed by atoms with Crippen LogP contribution >= 0.6 is 0 Å². The molecule has 96 valence electrons. The summed E-state index contributed by atoms with van der Waals surface area (Å²) >= 11 is 0. The Morgan fingerprint density at radius 2 is 2.06 bits per heavy atom. The lowest BCUT2D eigenvalue weighted by molar-refractivity contribution is 0.241. The first kappa shape index (κ1) is 14.0. The number of nitrogens with one attached hydrogen (secondary N) is 1. The molecule has 0 aliphatic carbocycles. The molecule has 0 saturated carbocycles. The lowest BCUT2D eigenvalue weighted by Crippen LogP contribution is -2.21. The van der Waals surface area contributed by atoms with Crippen molar-refractivity contribution in [3.63, 3.8) is 0 Å². The Morgan fingerprint density at radius 1 is 1.29 bits per heavy atom. The normalized spacial score (nSPS) is 12.8. The summed E-state index contributed by atoms with van der Waals surface area (Å²) in [6.07, 6.45) is 6.18. The molecule has 1 aromatic heterocycles. The molecule has 1 unspecified atom stereocenters. The summed E-state index contributed by atoms with van der Waals surface area (Å²) in [5.41, 5.74) is 1.21. The topological polar surface area (TPSA) is 34.2 Å². The summed E-state index contributed by atoms with van der Waals surface area (Å²) in [4.78, 5) is 4.26. The van der Waals surface area contributed by atoms with Gasteiger partial charge in [-0.2, -0.15) is 0 Å². The van der Waals surface area contributed by atoms with Crippen LogP contribution in [0.5, 0.6) is 5.75 Å². The Bertz CT molecular complexity index is 320. The van der Waals surface area contributed by atoms with E-state index in [0.717, 1.165) is 25.1 Å². The highest BCUT2D eigenvalue weighted by Gasteiger charge is 2.10. The first-order valence-corrected chi connectivity index (χ1v) is 6.52. The minimum Gasteiger partial charge on any atom is -0.489 e. The average molecular weight is 236 g/mol. The van der Waals surface area contributed by atoms with Crippen LogP contribution in [0.3, 0.4) is 0 Å². The first-order valence-electron chi connectivity index (χ1n) is 6.52. The van der Waals surface area contributed by atoms with Gasteiger partial charge >= 0.3 is 0 Å². The van der Waals surface area contributed by atoms with E-state index in [9.17, 15) is 0 Å². The third-order valence-corrected chi connectivity index (χ3v) is 2.54. The van der Waals surface area contributed by atoms with Crippen LogP contribution in [-0.2, 0) is 0 Å². The fraction of sp³-hybridized carbons (Fsp3) is 0.643. The van der Waals surface area contributed by atoms with Crippen molar-refractivity contribution in [2.24, 2.45) is 0 Å². The van der Waals surface area contributed by atoms with Crippen molar-refractivity contribution < 1.29 is 4.74 Å². The van der Waals surface area contributed by atoms with E-state index in [1.807, 2.05) is 20.0 Å². The third kappa shape index (κ3) is 4.73. The SMILES string of the molecule is CCCC(NCC)c1cncc(OC(C)C)c1. The molecule has 1 rings (SSSR count). The highest BCUT2D eigenvalue weighted by molar-refractivity contribution is 5.26. The van der Waals surface area contributed by atoms with Crippen molar-refractivity contribution in [1.82, 2.24) is 10.3 Å². The molecule has 3 nitrogen and oxygen atoms in total. The predicted octanol–water partition coefficient (Wildman–Crippen LogP) is 3.32. The fourth-order valence-electron chi connectivity index (χ4n) is 1.88. The Labute approximate surface area is 105 Å². The molecular formula is C14H24N2O. The average Bonchev–Trinajstić information content (AvgIpc) is 2.28. The van der Waals surface area contributed by atoms with Crippen LogP contribution in [0.1, 0.15) is 52.1 Å². The largest absolute Gasteiger partial charge is 0.489 e. The molecule has 1 atom stereocenters. The Kier molecular flexibility index (Phi) is 5.98.